The molecule has 0 fully saturated rings. The fourth-order valence-corrected chi connectivity index (χ4v) is 1.20. The molecule has 0 heterocycles. The fourth-order valence-electron chi connectivity index (χ4n) is 1.20. The van der Waals surface area contributed by atoms with E-state index in [0.29, 0.717) is 0 Å². The van der Waals surface area contributed by atoms with Gasteiger partial charge in [0.1, 0.15) is 0 Å². The predicted molar refractivity (Wildman–Crippen MR) is 65.6 cm³/mol. The van der Waals surface area contributed by atoms with Crippen molar-refractivity contribution in [1.82, 2.24) is 0 Å². The molecule has 2 atom stereocenters. The average Bonchev–Trinajstić information content (AvgIpc) is 2.28. The SMILES string of the molecule is C=C(CC(O)COCC(O)CC(=C)C(=O)O)C(=O)O. The zero-order chi connectivity index (χ0) is 15.0. The van der Waals surface area contributed by atoms with Gasteiger partial charge in [-0.1, -0.05) is 13.2 Å². The molecule has 7 nitrogen and oxygen atoms in total. The molecule has 0 amide bonds. The van der Waals surface area contributed by atoms with E-state index in [9.17, 15) is 19.8 Å². The van der Waals surface area contributed by atoms with Gasteiger partial charge in [-0.2, -0.15) is 0 Å². The Labute approximate surface area is 110 Å². The Morgan fingerprint density at radius 2 is 1.21 bits per heavy atom. The summed E-state index contributed by atoms with van der Waals surface area (Å²) >= 11 is 0. The molecule has 4 N–H and O–H groups in total. The molecule has 0 aliphatic rings. The third-order valence-electron chi connectivity index (χ3n) is 2.19. The summed E-state index contributed by atoms with van der Waals surface area (Å²) in [5.41, 5.74) is -0.285. The van der Waals surface area contributed by atoms with Gasteiger partial charge in [0.15, 0.2) is 0 Å². The number of aliphatic hydroxyl groups is 2. The minimum Gasteiger partial charge on any atom is -0.478 e. The van der Waals surface area contributed by atoms with Gasteiger partial charge in [-0.3, -0.25) is 0 Å². The highest BCUT2D eigenvalue weighted by atomic mass is 16.5. The molecular weight excluding hydrogens is 256 g/mol. The predicted octanol–water partition coefficient (Wildman–Crippen LogP) is -0.213. The van der Waals surface area contributed by atoms with Crippen LogP contribution in [0.15, 0.2) is 24.3 Å². The molecule has 0 spiro atoms. The first-order chi connectivity index (χ1) is 8.73. The van der Waals surface area contributed by atoms with E-state index < -0.39 is 24.1 Å². The zero-order valence-corrected chi connectivity index (χ0v) is 10.4. The van der Waals surface area contributed by atoms with Gasteiger partial charge in [0.2, 0.25) is 0 Å². The molecule has 0 saturated heterocycles. The van der Waals surface area contributed by atoms with Crippen molar-refractivity contribution < 1.29 is 34.8 Å². The minimum atomic E-state index is -1.20. The highest BCUT2D eigenvalue weighted by molar-refractivity contribution is 5.86. The molecule has 0 saturated carbocycles. The smallest absolute Gasteiger partial charge is 0.331 e. The zero-order valence-electron chi connectivity index (χ0n) is 10.4. The summed E-state index contributed by atoms with van der Waals surface area (Å²) in [6, 6.07) is 0. The van der Waals surface area contributed by atoms with E-state index in [0.717, 1.165) is 0 Å². The second-order valence-corrected chi connectivity index (χ2v) is 4.07. The second-order valence-electron chi connectivity index (χ2n) is 4.07. The summed E-state index contributed by atoms with van der Waals surface area (Å²) in [7, 11) is 0. The molecule has 19 heavy (non-hydrogen) atoms. The van der Waals surface area contributed by atoms with Gasteiger partial charge in [-0.25, -0.2) is 9.59 Å². The van der Waals surface area contributed by atoms with Gasteiger partial charge in [0.05, 0.1) is 25.4 Å². The molecule has 2 unspecified atom stereocenters. The van der Waals surface area contributed by atoms with E-state index in [4.69, 9.17) is 14.9 Å². The van der Waals surface area contributed by atoms with Crippen molar-refractivity contribution in [2.45, 2.75) is 25.0 Å². The Hall–Kier alpha value is -1.70. The first-order valence-electron chi connectivity index (χ1n) is 5.50. The third-order valence-corrected chi connectivity index (χ3v) is 2.19. The average molecular weight is 274 g/mol. The van der Waals surface area contributed by atoms with Crippen molar-refractivity contribution in [1.29, 1.82) is 0 Å². The number of ether oxygens (including phenoxy) is 1. The van der Waals surface area contributed by atoms with Gasteiger partial charge in [-0.05, 0) is 0 Å². The molecule has 0 aromatic heterocycles. The number of hydrogen-bond donors (Lipinski definition) is 4. The van der Waals surface area contributed by atoms with E-state index in [1.54, 1.807) is 0 Å². The standard InChI is InChI=1S/C12H18O7/c1-7(11(15)16)3-9(13)5-19-6-10(14)4-8(2)12(17)18/h9-10,13-14H,1-6H2,(H,15,16)(H,17,18). The van der Waals surface area contributed by atoms with Crippen LogP contribution in [-0.4, -0.2) is 57.8 Å². The van der Waals surface area contributed by atoms with Crippen molar-refractivity contribution in [2.24, 2.45) is 0 Å². The van der Waals surface area contributed by atoms with Crippen molar-refractivity contribution in [3.8, 4) is 0 Å². The quantitative estimate of drug-likeness (QED) is 0.406. The molecule has 0 aromatic rings. The number of aliphatic carboxylic acids is 2. The monoisotopic (exact) mass is 274 g/mol. The number of hydrogen-bond acceptors (Lipinski definition) is 5. The second kappa shape index (κ2) is 8.41. The maximum absolute atomic E-state index is 10.4. The molecular formula is C12H18O7. The van der Waals surface area contributed by atoms with E-state index >= 15 is 0 Å². The Balaban J connectivity index is 3.84. The van der Waals surface area contributed by atoms with Crippen LogP contribution in [0.1, 0.15) is 12.8 Å². The highest BCUT2D eigenvalue weighted by Crippen LogP contribution is 2.06. The Morgan fingerprint density at radius 3 is 1.47 bits per heavy atom. The lowest BCUT2D eigenvalue weighted by Crippen LogP contribution is -2.23. The summed E-state index contributed by atoms with van der Waals surface area (Å²) in [4.78, 5) is 20.9. The van der Waals surface area contributed by atoms with Crippen LogP contribution in [0, 0.1) is 0 Å². The lowest BCUT2D eigenvalue weighted by molar-refractivity contribution is -0.133. The Morgan fingerprint density at radius 1 is 0.895 bits per heavy atom. The number of carboxylic acids is 2. The van der Waals surface area contributed by atoms with Crippen LogP contribution in [0.2, 0.25) is 0 Å². The molecule has 0 aliphatic carbocycles. The molecule has 0 rings (SSSR count). The van der Waals surface area contributed by atoms with Gasteiger partial charge < -0.3 is 25.2 Å². The van der Waals surface area contributed by atoms with Crippen LogP contribution in [0.3, 0.4) is 0 Å². The number of carboxylic acid groups (broad SMARTS) is 2. The van der Waals surface area contributed by atoms with Crippen LogP contribution >= 0.6 is 0 Å². The highest BCUT2D eigenvalue weighted by Gasteiger charge is 2.14. The van der Waals surface area contributed by atoms with Gasteiger partial charge in [0, 0.05) is 24.0 Å². The van der Waals surface area contributed by atoms with E-state index in [1.165, 1.54) is 0 Å². The first-order valence-corrected chi connectivity index (χ1v) is 5.50. The van der Waals surface area contributed by atoms with Gasteiger partial charge >= 0.3 is 11.9 Å². The lowest BCUT2D eigenvalue weighted by atomic mass is 10.1. The van der Waals surface area contributed by atoms with Gasteiger partial charge in [0.25, 0.3) is 0 Å². The summed E-state index contributed by atoms with van der Waals surface area (Å²) in [5.74, 6) is -2.39. The Kier molecular flexibility index (Phi) is 7.66. The van der Waals surface area contributed by atoms with Crippen LogP contribution in [0.25, 0.3) is 0 Å². The van der Waals surface area contributed by atoms with Crippen molar-refractivity contribution in [2.75, 3.05) is 13.2 Å². The van der Waals surface area contributed by atoms with Crippen molar-refractivity contribution in [3.05, 3.63) is 24.3 Å². The summed E-state index contributed by atoms with van der Waals surface area (Å²) < 4.78 is 4.95. The largest absolute Gasteiger partial charge is 0.478 e. The molecule has 0 radical (unpaired) electrons. The molecule has 108 valence electrons. The van der Waals surface area contributed by atoms with Crippen molar-refractivity contribution in [3.63, 3.8) is 0 Å². The van der Waals surface area contributed by atoms with Crippen LogP contribution in [0.4, 0.5) is 0 Å². The van der Waals surface area contributed by atoms with Crippen LogP contribution in [-0.2, 0) is 14.3 Å². The van der Waals surface area contributed by atoms with E-state index in [-0.39, 0.29) is 37.2 Å². The lowest BCUT2D eigenvalue weighted by Gasteiger charge is -2.14. The third kappa shape index (κ3) is 8.09. The molecule has 0 aliphatic heterocycles. The maximum atomic E-state index is 10.4. The summed E-state index contributed by atoms with van der Waals surface area (Å²) in [6.45, 7) is 6.15. The number of carbonyl (C=O) groups is 2. The topological polar surface area (TPSA) is 124 Å². The number of rotatable bonds is 10. The van der Waals surface area contributed by atoms with Crippen molar-refractivity contribution >= 4 is 11.9 Å². The maximum Gasteiger partial charge on any atom is 0.331 e. The summed E-state index contributed by atoms with van der Waals surface area (Å²) in [5, 5.41) is 35.9. The minimum absolute atomic E-state index is 0.143. The molecule has 0 aromatic carbocycles. The normalized spacial score (nSPS) is 13.6. The Bertz CT molecular complexity index is 327. The van der Waals surface area contributed by atoms with Crippen LogP contribution < -0.4 is 0 Å². The van der Waals surface area contributed by atoms with E-state index in [1.807, 2.05) is 0 Å². The molecule has 0 bridgehead atoms. The van der Waals surface area contributed by atoms with E-state index in [2.05, 4.69) is 13.2 Å². The number of aliphatic hydroxyl groups excluding tert-OH is 2. The summed E-state index contributed by atoms with van der Waals surface area (Å²) in [6.07, 6.45) is -2.38. The van der Waals surface area contributed by atoms with Gasteiger partial charge in [-0.15, -0.1) is 0 Å². The van der Waals surface area contributed by atoms with Crippen LogP contribution in [0.5, 0.6) is 0 Å². The first kappa shape index (κ1) is 17.3. The fraction of sp³-hybridized carbons (Fsp3) is 0.500. The molecule has 7 heteroatoms.